The summed E-state index contributed by atoms with van der Waals surface area (Å²) in [5.41, 5.74) is 4.15. The number of nitrogens with zero attached hydrogens (tertiary/aromatic N) is 1. The number of hydrazone groups is 1. The Hall–Kier alpha value is -4.45. The maximum Gasteiger partial charge on any atom is 0.338 e. The molecule has 12 nitrogen and oxygen atoms in total. The molecular weight excluding hydrogens is 647 g/mol. The molecule has 2 aromatic carbocycles. The summed E-state index contributed by atoms with van der Waals surface area (Å²) < 4.78 is 28.0. The predicted octanol–water partition coefficient (Wildman–Crippen LogP) is 3.04. The van der Waals surface area contributed by atoms with Gasteiger partial charge in [-0.25, -0.2) is 15.0 Å². The molecule has 0 saturated carbocycles. The molecule has 2 aromatic rings. The fourth-order valence-electron chi connectivity index (χ4n) is 3.86. The molecule has 0 fully saturated rings. The molecule has 1 atom stereocenters. The number of halogens is 1. The minimum Gasteiger partial charge on any atom is -0.493 e. The zero-order chi connectivity index (χ0) is 29.9. The Balaban J connectivity index is 1.71. The van der Waals surface area contributed by atoms with Crippen LogP contribution < -0.4 is 35.0 Å². The van der Waals surface area contributed by atoms with Crippen LogP contribution in [0.15, 0.2) is 46.7 Å². The van der Waals surface area contributed by atoms with E-state index < -0.39 is 23.9 Å². The Morgan fingerprint density at radius 1 is 1.15 bits per heavy atom. The number of rotatable bonds is 12. The van der Waals surface area contributed by atoms with E-state index in [2.05, 4.69) is 49.7 Å². The first-order valence-corrected chi connectivity index (χ1v) is 13.3. The van der Waals surface area contributed by atoms with Gasteiger partial charge in [0.1, 0.15) is 6.61 Å². The molecule has 0 bridgehead atoms. The highest BCUT2D eigenvalue weighted by molar-refractivity contribution is 14.1. The van der Waals surface area contributed by atoms with Gasteiger partial charge in [0.15, 0.2) is 29.6 Å². The van der Waals surface area contributed by atoms with Gasteiger partial charge in [-0.1, -0.05) is 12.0 Å². The fraction of sp³-hybridized carbons (Fsp3) is 0.286. The third-order valence-electron chi connectivity index (χ3n) is 5.61. The molecule has 0 spiro atoms. The number of esters is 1. The molecule has 0 aromatic heterocycles. The number of ether oxygens (including phenoxy) is 5. The first-order valence-electron chi connectivity index (χ1n) is 12.2. The average molecular weight is 676 g/mol. The van der Waals surface area contributed by atoms with Crippen molar-refractivity contribution in [1.82, 2.24) is 16.1 Å². The topological polar surface area (TPSA) is 146 Å². The molecule has 0 unspecified atom stereocenters. The van der Waals surface area contributed by atoms with Crippen molar-refractivity contribution in [1.29, 1.82) is 0 Å². The van der Waals surface area contributed by atoms with Gasteiger partial charge in [-0.15, -0.1) is 6.42 Å². The maximum absolute atomic E-state index is 12.6. The van der Waals surface area contributed by atoms with Crippen LogP contribution in [0.3, 0.4) is 0 Å². The van der Waals surface area contributed by atoms with Crippen molar-refractivity contribution in [2.45, 2.75) is 19.9 Å². The number of carbonyl (C=O) groups is 3. The van der Waals surface area contributed by atoms with Crippen molar-refractivity contribution in [2.24, 2.45) is 5.10 Å². The van der Waals surface area contributed by atoms with Crippen molar-refractivity contribution < 1.29 is 38.1 Å². The summed E-state index contributed by atoms with van der Waals surface area (Å²) in [6.45, 7) is 3.15. The van der Waals surface area contributed by atoms with Crippen molar-refractivity contribution in [2.75, 3.05) is 34.0 Å². The second kappa shape index (κ2) is 14.8. The van der Waals surface area contributed by atoms with Crippen LogP contribution in [0, 0.1) is 15.9 Å². The molecular formula is C28H29IN4O8. The lowest BCUT2D eigenvalue weighted by Crippen LogP contribution is -2.45. The standard InChI is InChI=1S/C28H29IN4O8/c1-6-10-40-26-18(11-19(29)13-22(26)38-5)14-30-33-23(34)15-41-20-9-8-17(12-21(20)37-4)25-24(27(35)39-7-2)16(3)31-28(36)32-25/h1,8-9,11-14,25H,7,10,15H2,2-5H3,(H,33,34)(H2,31,32,36)/b30-14+/t25-/m1/s1. The molecule has 3 rings (SSSR count). The van der Waals surface area contributed by atoms with Gasteiger partial charge in [-0.05, 0) is 66.3 Å². The van der Waals surface area contributed by atoms with E-state index in [1.165, 1.54) is 20.4 Å². The lowest BCUT2D eigenvalue weighted by Gasteiger charge is -2.28. The number of hydrogen-bond donors (Lipinski definition) is 3. The summed E-state index contributed by atoms with van der Waals surface area (Å²) in [5, 5.41) is 9.30. The Bertz CT molecular complexity index is 1420. The quantitative estimate of drug-likeness (QED) is 0.102. The van der Waals surface area contributed by atoms with Gasteiger partial charge in [0.2, 0.25) is 0 Å². The van der Waals surface area contributed by atoms with E-state index in [9.17, 15) is 14.4 Å². The number of amides is 3. The smallest absolute Gasteiger partial charge is 0.338 e. The maximum atomic E-state index is 12.6. The molecule has 216 valence electrons. The van der Waals surface area contributed by atoms with Gasteiger partial charge in [-0.2, -0.15) is 5.10 Å². The Morgan fingerprint density at radius 2 is 1.90 bits per heavy atom. The molecule has 1 aliphatic rings. The lowest BCUT2D eigenvalue weighted by molar-refractivity contribution is -0.139. The molecule has 0 saturated heterocycles. The molecule has 3 amide bonds. The van der Waals surface area contributed by atoms with E-state index in [1.807, 2.05) is 0 Å². The zero-order valence-corrected chi connectivity index (χ0v) is 25.0. The number of benzene rings is 2. The second-order valence-corrected chi connectivity index (χ2v) is 9.55. The van der Waals surface area contributed by atoms with E-state index in [-0.39, 0.29) is 36.9 Å². The van der Waals surface area contributed by atoms with E-state index in [1.54, 1.807) is 44.2 Å². The monoisotopic (exact) mass is 676 g/mol. The van der Waals surface area contributed by atoms with Crippen LogP contribution in [0.5, 0.6) is 23.0 Å². The van der Waals surface area contributed by atoms with E-state index in [0.717, 1.165) is 3.57 Å². The highest BCUT2D eigenvalue weighted by Crippen LogP contribution is 2.35. The predicted molar refractivity (Wildman–Crippen MR) is 158 cm³/mol. The van der Waals surface area contributed by atoms with Gasteiger partial charge in [0, 0.05) is 14.8 Å². The fourth-order valence-corrected chi connectivity index (χ4v) is 4.48. The highest BCUT2D eigenvalue weighted by Gasteiger charge is 2.32. The minimum absolute atomic E-state index is 0.0304. The first kappa shape index (κ1) is 31.1. The average Bonchev–Trinajstić information content (AvgIpc) is 2.94. The second-order valence-electron chi connectivity index (χ2n) is 8.30. The van der Waals surface area contributed by atoms with Gasteiger partial charge in [0.05, 0.1) is 38.7 Å². The van der Waals surface area contributed by atoms with Crippen LogP contribution in [0.4, 0.5) is 4.79 Å². The van der Waals surface area contributed by atoms with Crippen molar-refractivity contribution >= 4 is 46.7 Å². The van der Waals surface area contributed by atoms with E-state index in [0.29, 0.717) is 28.3 Å². The zero-order valence-electron chi connectivity index (χ0n) is 22.8. The van der Waals surface area contributed by atoms with Crippen molar-refractivity contribution in [3.05, 3.63) is 56.3 Å². The van der Waals surface area contributed by atoms with Gasteiger partial charge < -0.3 is 34.3 Å². The lowest BCUT2D eigenvalue weighted by atomic mass is 9.95. The Morgan fingerprint density at radius 3 is 2.59 bits per heavy atom. The molecule has 13 heteroatoms. The van der Waals surface area contributed by atoms with Crippen LogP contribution in [-0.2, 0) is 14.3 Å². The molecule has 41 heavy (non-hydrogen) atoms. The molecule has 1 heterocycles. The largest absolute Gasteiger partial charge is 0.493 e. The van der Waals surface area contributed by atoms with Crippen LogP contribution >= 0.6 is 22.6 Å². The number of hydrogen-bond acceptors (Lipinski definition) is 9. The summed E-state index contributed by atoms with van der Waals surface area (Å²) in [7, 11) is 2.94. The number of allylic oxidation sites excluding steroid dienone is 1. The van der Waals surface area contributed by atoms with Crippen molar-refractivity contribution in [3.8, 4) is 35.3 Å². The first-order chi connectivity index (χ1) is 19.7. The Labute approximate surface area is 250 Å². The number of urea groups is 1. The van der Waals surface area contributed by atoms with Crippen molar-refractivity contribution in [3.63, 3.8) is 0 Å². The number of nitrogens with one attached hydrogen (secondary N) is 3. The summed E-state index contributed by atoms with van der Waals surface area (Å²) in [6, 6.07) is 7.16. The van der Waals surface area contributed by atoms with Gasteiger partial charge in [0.25, 0.3) is 5.91 Å². The summed E-state index contributed by atoms with van der Waals surface area (Å²) in [5.74, 6) is 2.72. The normalized spacial score (nSPS) is 14.4. The highest BCUT2D eigenvalue weighted by atomic mass is 127. The van der Waals surface area contributed by atoms with Crippen LogP contribution in [0.1, 0.15) is 31.0 Å². The van der Waals surface area contributed by atoms with Gasteiger partial charge >= 0.3 is 12.0 Å². The molecule has 0 radical (unpaired) electrons. The summed E-state index contributed by atoms with van der Waals surface area (Å²) >= 11 is 2.12. The SMILES string of the molecule is C#CCOc1c(/C=N/NC(=O)COc2ccc([C@H]3NC(=O)NC(C)=C3C(=O)OCC)cc2OC)cc(I)cc1OC. The number of carbonyl (C=O) groups excluding carboxylic acids is 3. The summed E-state index contributed by atoms with van der Waals surface area (Å²) in [4.78, 5) is 37.1. The van der Waals surface area contributed by atoms with E-state index >= 15 is 0 Å². The summed E-state index contributed by atoms with van der Waals surface area (Å²) in [6.07, 6.45) is 6.72. The third-order valence-corrected chi connectivity index (χ3v) is 6.23. The van der Waals surface area contributed by atoms with Crippen LogP contribution in [0.25, 0.3) is 0 Å². The third kappa shape index (κ3) is 8.04. The number of methoxy groups -OCH3 is 2. The minimum atomic E-state index is -0.780. The van der Waals surface area contributed by atoms with Crippen LogP contribution in [-0.4, -0.2) is 58.2 Å². The van der Waals surface area contributed by atoms with Crippen LogP contribution in [0.2, 0.25) is 0 Å². The molecule has 3 N–H and O–H groups in total. The molecule has 1 aliphatic heterocycles. The van der Waals surface area contributed by atoms with Gasteiger partial charge in [-0.3, -0.25) is 4.79 Å². The number of terminal acetylenes is 1. The van der Waals surface area contributed by atoms with E-state index in [4.69, 9.17) is 30.1 Å². The molecule has 0 aliphatic carbocycles. The Kier molecular flexibility index (Phi) is 11.2.